The van der Waals surface area contributed by atoms with Crippen molar-refractivity contribution in [2.24, 2.45) is 0 Å². The summed E-state index contributed by atoms with van der Waals surface area (Å²) in [6, 6.07) is 9.55. The minimum absolute atomic E-state index is 0.0346. The molecule has 0 N–H and O–H groups in total. The average Bonchev–Trinajstić information content (AvgIpc) is 2.80. The van der Waals surface area contributed by atoms with Crippen LogP contribution < -0.4 is 0 Å². The fourth-order valence-electron chi connectivity index (χ4n) is 1.92. The van der Waals surface area contributed by atoms with Crippen molar-refractivity contribution in [1.82, 2.24) is 4.98 Å². The molecule has 2 aromatic carbocycles. The summed E-state index contributed by atoms with van der Waals surface area (Å²) in [6.45, 7) is 0. The maximum atomic E-state index is 14.2. The first-order valence-electron chi connectivity index (χ1n) is 5.91. The molecule has 3 nitrogen and oxygen atoms in total. The summed E-state index contributed by atoms with van der Waals surface area (Å²) in [5.41, 5.74) is 1.08. The molecule has 0 aliphatic rings. The van der Waals surface area contributed by atoms with E-state index in [0.29, 0.717) is 10.6 Å². The molecule has 0 radical (unpaired) electrons. The van der Waals surface area contributed by atoms with Gasteiger partial charge in [0, 0.05) is 16.3 Å². The van der Waals surface area contributed by atoms with Gasteiger partial charge in [-0.3, -0.25) is 0 Å². The fraction of sp³-hybridized carbons (Fsp3) is 0.0714. The number of benzene rings is 2. The van der Waals surface area contributed by atoms with Gasteiger partial charge in [-0.1, -0.05) is 15.9 Å². The van der Waals surface area contributed by atoms with E-state index in [2.05, 4.69) is 20.9 Å². The van der Waals surface area contributed by atoms with Crippen LogP contribution in [0.4, 0.5) is 4.39 Å². The van der Waals surface area contributed by atoms with E-state index in [1.54, 1.807) is 0 Å². The summed E-state index contributed by atoms with van der Waals surface area (Å²) < 4.78 is 38.9. The van der Waals surface area contributed by atoms with Gasteiger partial charge in [0.15, 0.2) is 9.84 Å². The number of nitrogens with zero attached hydrogens (tertiary/aromatic N) is 1. The van der Waals surface area contributed by atoms with Crippen molar-refractivity contribution in [3.8, 4) is 10.6 Å². The SMILES string of the molecule is CS(=O)(=O)c1ccc(-c2nc3cc(Br)ccc3s2)c(F)c1. The number of rotatable bonds is 2. The van der Waals surface area contributed by atoms with Crippen LogP contribution in [-0.2, 0) is 9.84 Å². The van der Waals surface area contributed by atoms with E-state index in [9.17, 15) is 12.8 Å². The lowest BCUT2D eigenvalue weighted by Crippen LogP contribution is -1.98. The summed E-state index contributed by atoms with van der Waals surface area (Å²) in [4.78, 5) is 4.36. The molecule has 0 spiro atoms. The number of hydrogen-bond acceptors (Lipinski definition) is 4. The van der Waals surface area contributed by atoms with Gasteiger partial charge in [0.1, 0.15) is 10.8 Å². The number of aromatic nitrogens is 1. The zero-order chi connectivity index (χ0) is 15.2. The third kappa shape index (κ3) is 2.86. The van der Waals surface area contributed by atoms with Crippen molar-refractivity contribution in [3.63, 3.8) is 0 Å². The Kier molecular flexibility index (Phi) is 3.59. The molecule has 3 rings (SSSR count). The molecule has 0 aliphatic carbocycles. The number of fused-ring (bicyclic) bond motifs is 1. The molecule has 0 amide bonds. The van der Waals surface area contributed by atoms with Crippen molar-refractivity contribution in [2.45, 2.75) is 4.90 Å². The lowest BCUT2D eigenvalue weighted by Gasteiger charge is -2.02. The average molecular weight is 386 g/mol. The molecule has 3 aromatic rings. The van der Waals surface area contributed by atoms with Crippen LogP contribution in [0.15, 0.2) is 45.8 Å². The van der Waals surface area contributed by atoms with Gasteiger partial charge >= 0.3 is 0 Å². The van der Waals surface area contributed by atoms with E-state index < -0.39 is 15.7 Å². The van der Waals surface area contributed by atoms with Crippen molar-refractivity contribution < 1.29 is 12.8 Å². The van der Waals surface area contributed by atoms with Gasteiger partial charge in [0.2, 0.25) is 0 Å². The van der Waals surface area contributed by atoms with Gasteiger partial charge in [-0.15, -0.1) is 11.3 Å². The van der Waals surface area contributed by atoms with Gasteiger partial charge in [-0.2, -0.15) is 0 Å². The van der Waals surface area contributed by atoms with Gasteiger partial charge in [-0.25, -0.2) is 17.8 Å². The Morgan fingerprint density at radius 1 is 1.19 bits per heavy atom. The molecule has 0 unspecified atom stereocenters. The predicted octanol–water partition coefficient (Wildman–Crippen LogP) is 4.27. The molecule has 108 valence electrons. The van der Waals surface area contributed by atoms with Crippen LogP contribution >= 0.6 is 27.3 Å². The first-order chi connectivity index (χ1) is 9.84. The lowest BCUT2D eigenvalue weighted by molar-refractivity contribution is 0.596. The predicted molar refractivity (Wildman–Crippen MR) is 85.8 cm³/mol. The zero-order valence-corrected chi connectivity index (χ0v) is 14.0. The van der Waals surface area contributed by atoms with Crippen LogP contribution in [0.2, 0.25) is 0 Å². The van der Waals surface area contributed by atoms with E-state index in [-0.39, 0.29) is 4.90 Å². The van der Waals surface area contributed by atoms with E-state index in [0.717, 1.165) is 27.0 Å². The van der Waals surface area contributed by atoms with Crippen molar-refractivity contribution in [2.75, 3.05) is 6.26 Å². The molecule has 1 aromatic heterocycles. The van der Waals surface area contributed by atoms with E-state index in [1.165, 1.54) is 23.5 Å². The maximum absolute atomic E-state index is 14.2. The molecule has 0 saturated carbocycles. The standard InChI is InChI=1S/C14H9BrFNO2S2/c1-21(18,19)9-3-4-10(11(16)7-9)14-17-12-6-8(15)2-5-13(12)20-14/h2-7H,1H3. The lowest BCUT2D eigenvalue weighted by atomic mass is 10.2. The number of halogens is 2. The van der Waals surface area contributed by atoms with Gasteiger partial charge in [0.05, 0.1) is 15.1 Å². The molecular formula is C14H9BrFNO2S2. The summed E-state index contributed by atoms with van der Waals surface area (Å²) >= 11 is 4.73. The molecule has 0 saturated heterocycles. The van der Waals surface area contributed by atoms with E-state index in [1.807, 2.05) is 18.2 Å². The quantitative estimate of drug-likeness (QED) is 0.661. The highest BCUT2D eigenvalue weighted by Gasteiger charge is 2.15. The summed E-state index contributed by atoms with van der Waals surface area (Å²) in [6.07, 6.45) is 1.05. The Balaban J connectivity index is 2.14. The van der Waals surface area contributed by atoms with Gasteiger partial charge in [-0.05, 0) is 36.4 Å². The number of hydrogen-bond donors (Lipinski definition) is 0. The van der Waals surface area contributed by atoms with Crippen LogP contribution in [0.1, 0.15) is 0 Å². The first kappa shape index (κ1) is 14.6. The maximum Gasteiger partial charge on any atom is 0.175 e. The highest BCUT2D eigenvalue weighted by atomic mass is 79.9. The van der Waals surface area contributed by atoms with E-state index >= 15 is 0 Å². The number of thiazole rings is 1. The molecular weight excluding hydrogens is 377 g/mol. The summed E-state index contributed by atoms with van der Waals surface area (Å²) in [5, 5.41) is 0.528. The Labute approximate surface area is 133 Å². The Bertz CT molecular complexity index is 951. The fourth-order valence-corrected chi connectivity index (χ4v) is 3.87. The van der Waals surface area contributed by atoms with Crippen molar-refractivity contribution in [3.05, 3.63) is 46.7 Å². The Morgan fingerprint density at radius 2 is 1.95 bits per heavy atom. The van der Waals surface area contributed by atoms with E-state index in [4.69, 9.17) is 0 Å². The summed E-state index contributed by atoms with van der Waals surface area (Å²) in [5.74, 6) is -0.587. The molecule has 0 fully saturated rings. The molecule has 0 aliphatic heterocycles. The minimum atomic E-state index is -3.42. The van der Waals surface area contributed by atoms with Crippen LogP contribution in [-0.4, -0.2) is 19.7 Å². The normalized spacial score (nSPS) is 12.0. The minimum Gasteiger partial charge on any atom is -0.236 e. The topological polar surface area (TPSA) is 47.0 Å². The first-order valence-corrected chi connectivity index (χ1v) is 9.41. The van der Waals surface area contributed by atoms with Crippen molar-refractivity contribution >= 4 is 47.3 Å². The van der Waals surface area contributed by atoms with Crippen LogP contribution in [0, 0.1) is 5.82 Å². The molecule has 21 heavy (non-hydrogen) atoms. The molecule has 0 bridgehead atoms. The van der Waals surface area contributed by atoms with Gasteiger partial charge in [0.25, 0.3) is 0 Å². The second-order valence-electron chi connectivity index (χ2n) is 4.54. The smallest absolute Gasteiger partial charge is 0.175 e. The Morgan fingerprint density at radius 3 is 2.62 bits per heavy atom. The molecule has 7 heteroatoms. The van der Waals surface area contributed by atoms with Crippen LogP contribution in [0.25, 0.3) is 20.8 Å². The van der Waals surface area contributed by atoms with Crippen molar-refractivity contribution in [1.29, 1.82) is 0 Å². The molecule has 1 heterocycles. The third-order valence-electron chi connectivity index (χ3n) is 2.95. The van der Waals surface area contributed by atoms with Crippen LogP contribution in [0.5, 0.6) is 0 Å². The van der Waals surface area contributed by atoms with Gasteiger partial charge < -0.3 is 0 Å². The third-order valence-corrected chi connectivity index (χ3v) is 5.62. The number of sulfone groups is 1. The Hall–Kier alpha value is -1.31. The zero-order valence-electron chi connectivity index (χ0n) is 10.8. The monoisotopic (exact) mass is 385 g/mol. The highest BCUT2D eigenvalue weighted by molar-refractivity contribution is 9.10. The van der Waals surface area contributed by atoms with Crippen LogP contribution in [0.3, 0.4) is 0 Å². The largest absolute Gasteiger partial charge is 0.236 e. The second kappa shape index (κ2) is 5.15. The highest BCUT2D eigenvalue weighted by Crippen LogP contribution is 2.33. The second-order valence-corrected chi connectivity index (χ2v) is 8.51. The summed E-state index contributed by atoms with van der Waals surface area (Å²) in [7, 11) is -3.42. The molecule has 0 atom stereocenters.